The summed E-state index contributed by atoms with van der Waals surface area (Å²) in [5.41, 5.74) is 1.44. The molecule has 0 aromatic heterocycles. The number of hydrogen-bond donors (Lipinski definition) is 1. The fourth-order valence-corrected chi connectivity index (χ4v) is 3.84. The number of rotatable bonds is 3. The van der Waals surface area contributed by atoms with Crippen molar-refractivity contribution in [2.75, 3.05) is 20.1 Å². The molecule has 0 spiro atoms. The van der Waals surface area contributed by atoms with E-state index in [1.54, 1.807) is 0 Å². The Bertz CT molecular complexity index is 465. The SMILES string of the molecule is CN(C(=O)C1CCC(c2ccccc2)CC1)C1CCNC1.Cl. The predicted molar refractivity (Wildman–Crippen MR) is 92.4 cm³/mol. The second-order valence-electron chi connectivity index (χ2n) is 6.55. The molecule has 1 saturated carbocycles. The highest BCUT2D eigenvalue weighted by molar-refractivity contribution is 5.85. The van der Waals surface area contributed by atoms with Crippen molar-refractivity contribution in [1.82, 2.24) is 10.2 Å². The summed E-state index contributed by atoms with van der Waals surface area (Å²) in [4.78, 5) is 14.6. The minimum atomic E-state index is 0. The number of halogens is 1. The Morgan fingerprint density at radius 2 is 1.77 bits per heavy atom. The van der Waals surface area contributed by atoms with E-state index >= 15 is 0 Å². The Morgan fingerprint density at radius 3 is 2.36 bits per heavy atom. The maximum atomic E-state index is 12.6. The number of benzene rings is 1. The summed E-state index contributed by atoms with van der Waals surface area (Å²) in [6.07, 6.45) is 5.49. The van der Waals surface area contributed by atoms with Crippen LogP contribution < -0.4 is 5.32 Å². The number of carbonyl (C=O) groups excluding carboxylic acids is 1. The monoisotopic (exact) mass is 322 g/mol. The number of nitrogens with one attached hydrogen (secondary N) is 1. The van der Waals surface area contributed by atoms with Crippen LogP contribution >= 0.6 is 12.4 Å². The van der Waals surface area contributed by atoms with Gasteiger partial charge < -0.3 is 10.2 Å². The highest BCUT2D eigenvalue weighted by atomic mass is 35.5. The van der Waals surface area contributed by atoms with Crippen LogP contribution in [0, 0.1) is 5.92 Å². The van der Waals surface area contributed by atoms with E-state index in [0.29, 0.717) is 17.9 Å². The topological polar surface area (TPSA) is 32.3 Å². The van der Waals surface area contributed by atoms with Crippen LogP contribution in [0.2, 0.25) is 0 Å². The molecule has 1 atom stereocenters. The Morgan fingerprint density at radius 1 is 1.09 bits per heavy atom. The number of likely N-dealkylation sites (N-methyl/N-ethyl adjacent to an activating group) is 1. The molecule has 1 heterocycles. The second-order valence-corrected chi connectivity index (χ2v) is 6.55. The Labute approximate surface area is 139 Å². The van der Waals surface area contributed by atoms with Gasteiger partial charge in [0.2, 0.25) is 5.91 Å². The largest absolute Gasteiger partial charge is 0.341 e. The number of carbonyl (C=O) groups is 1. The van der Waals surface area contributed by atoms with Crippen molar-refractivity contribution in [1.29, 1.82) is 0 Å². The van der Waals surface area contributed by atoms with Crippen LogP contribution in [0.15, 0.2) is 30.3 Å². The number of nitrogens with zero attached hydrogens (tertiary/aromatic N) is 1. The lowest BCUT2D eigenvalue weighted by molar-refractivity contribution is -0.137. The van der Waals surface area contributed by atoms with Crippen LogP contribution in [0.1, 0.15) is 43.6 Å². The average molecular weight is 323 g/mol. The molecule has 1 saturated heterocycles. The molecule has 3 rings (SSSR count). The van der Waals surface area contributed by atoms with Crippen molar-refractivity contribution in [3.05, 3.63) is 35.9 Å². The van der Waals surface area contributed by atoms with Gasteiger partial charge in [0.1, 0.15) is 0 Å². The summed E-state index contributed by atoms with van der Waals surface area (Å²) in [5, 5.41) is 3.35. The lowest BCUT2D eigenvalue weighted by Gasteiger charge is -2.33. The van der Waals surface area contributed by atoms with Gasteiger partial charge in [-0.25, -0.2) is 0 Å². The van der Waals surface area contributed by atoms with E-state index in [2.05, 4.69) is 35.6 Å². The first-order valence-corrected chi connectivity index (χ1v) is 8.28. The minimum Gasteiger partial charge on any atom is -0.341 e. The molecule has 0 bridgehead atoms. The van der Waals surface area contributed by atoms with Gasteiger partial charge in [0.05, 0.1) is 0 Å². The van der Waals surface area contributed by atoms with Crippen molar-refractivity contribution < 1.29 is 4.79 Å². The van der Waals surface area contributed by atoms with Crippen LogP contribution in [0.4, 0.5) is 0 Å². The zero-order valence-electron chi connectivity index (χ0n) is 13.3. The van der Waals surface area contributed by atoms with Crippen LogP contribution in [0.3, 0.4) is 0 Å². The van der Waals surface area contributed by atoms with E-state index in [1.165, 1.54) is 5.56 Å². The third kappa shape index (κ3) is 3.82. The highest BCUT2D eigenvalue weighted by Gasteiger charge is 2.32. The number of hydrogen-bond acceptors (Lipinski definition) is 2. The molecule has 1 aliphatic carbocycles. The normalized spacial score (nSPS) is 28.0. The van der Waals surface area contributed by atoms with Crippen LogP contribution in [0.25, 0.3) is 0 Å². The first-order chi connectivity index (χ1) is 10.3. The van der Waals surface area contributed by atoms with E-state index in [4.69, 9.17) is 0 Å². The van der Waals surface area contributed by atoms with Gasteiger partial charge in [-0.15, -0.1) is 12.4 Å². The zero-order valence-corrected chi connectivity index (χ0v) is 14.1. The van der Waals surface area contributed by atoms with Crippen molar-refractivity contribution in [3.63, 3.8) is 0 Å². The first kappa shape index (κ1) is 17.3. The van der Waals surface area contributed by atoms with Gasteiger partial charge >= 0.3 is 0 Å². The zero-order chi connectivity index (χ0) is 14.7. The molecule has 1 aliphatic heterocycles. The fourth-order valence-electron chi connectivity index (χ4n) is 3.84. The average Bonchev–Trinajstić information content (AvgIpc) is 3.09. The molecule has 4 heteroatoms. The van der Waals surface area contributed by atoms with Gasteiger partial charge in [-0.1, -0.05) is 30.3 Å². The summed E-state index contributed by atoms with van der Waals surface area (Å²) in [6, 6.07) is 11.2. The molecule has 0 radical (unpaired) electrons. The molecule has 2 aliphatic rings. The quantitative estimate of drug-likeness (QED) is 0.927. The molecular formula is C18H27ClN2O. The van der Waals surface area contributed by atoms with Crippen molar-refractivity contribution in [3.8, 4) is 0 Å². The van der Waals surface area contributed by atoms with E-state index in [0.717, 1.165) is 45.2 Å². The van der Waals surface area contributed by atoms with E-state index < -0.39 is 0 Å². The molecule has 3 nitrogen and oxygen atoms in total. The summed E-state index contributed by atoms with van der Waals surface area (Å²) in [7, 11) is 1.99. The summed E-state index contributed by atoms with van der Waals surface area (Å²) >= 11 is 0. The lowest BCUT2D eigenvalue weighted by atomic mass is 9.78. The molecule has 122 valence electrons. The fraction of sp³-hybridized carbons (Fsp3) is 0.611. The minimum absolute atomic E-state index is 0. The van der Waals surface area contributed by atoms with Gasteiger partial charge in [-0.05, 0) is 50.1 Å². The Balaban J connectivity index is 0.00000176. The lowest BCUT2D eigenvalue weighted by Crippen LogP contribution is -2.42. The van der Waals surface area contributed by atoms with Gasteiger partial charge in [0, 0.05) is 25.6 Å². The van der Waals surface area contributed by atoms with Crippen LogP contribution in [-0.4, -0.2) is 37.0 Å². The summed E-state index contributed by atoms with van der Waals surface area (Å²) in [5.74, 6) is 1.26. The van der Waals surface area contributed by atoms with E-state index in [-0.39, 0.29) is 18.3 Å². The third-order valence-electron chi connectivity index (χ3n) is 5.28. The summed E-state index contributed by atoms with van der Waals surface area (Å²) < 4.78 is 0. The highest BCUT2D eigenvalue weighted by Crippen LogP contribution is 2.36. The molecule has 1 N–H and O–H groups in total. The van der Waals surface area contributed by atoms with Gasteiger partial charge in [0.25, 0.3) is 0 Å². The van der Waals surface area contributed by atoms with Gasteiger partial charge in [0.15, 0.2) is 0 Å². The Hall–Kier alpha value is -1.06. The van der Waals surface area contributed by atoms with E-state index in [1.807, 2.05) is 11.9 Å². The van der Waals surface area contributed by atoms with Gasteiger partial charge in [-0.3, -0.25) is 4.79 Å². The first-order valence-electron chi connectivity index (χ1n) is 8.28. The smallest absolute Gasteiger partial charge is 0.225 e. The molecule has 2 fully saturated rings. The molecule has 22 heavy (non-hydrogen) atoms. The number of amides is 1. The van der Waals surface area contributed by atoms with Crippen molar-refractivity contribution in [2.45, 2.75) is 44.1 Å². The molecule has 1 aromatic rings. The maximum absolute atomic E-state index is 12.6. The molecule has 1 amide bonds. The Kier molecular flexibility index (Phi) is 6.27. The predicted octanol–water partition coefficient (Wildman–Crippen LogP) is 3.20. The molecular weight excluding hydrogens is 296 g/mol. The standard InChI is InChI=1S/C18H26N2O.ClH/c1-20(17-11-12-19-13-17)18(21)16-9-7-15(8-10-16)14-5-3-2-4-6-14;/h2-6,15-17,19H,7-13H2,1H3;1H. The second kappa shape index (κ2) is 7.98. The van der Waals surface area contributed by atoms with Gasteiger partial charge in [-0.2, -0.15) is 0 Å². The summed E-state index contributed by atoms with van der Waals surface area (Å²) in [6.45, 7) is 2.00. The van der Waals surface area contributed by atoms with Crippen LogP contribution in [0.5, 0.6) is 0 Å². The maximum Gasteiger partial charge on any atom is 0.225 e. The van der Waals surface area contributed by atoms with Crippen molar-refractivity contribution >= 4 is 18.3 Å². The molecule has 1 aromatic carbocycles. The van der Waals surface area contributed by atoms with Crippen molar-refractivity contribution in [2.24, 2.45) is 5.92 Å². The third-order valence-corrected chi connectivity index (χ3v) is 5.28. The van der Waals surface area contributed by atoms with Crippen LogP contribution in [-0.2, 0) is 4.79 Å². The van der Waals surface area contributed by atoms with E-state index in [9.17, 15) is 4.79 Å². The molecule has 1 unspecified atom stereocenters.